The molecule has 0 spiro atoms. The Kier molecular flexibility index (Phi) is 3.63. The summed E-state index contributed by atoms with van der Waals surface area (Å²) in [5.41, 5.74) is -1.23. The van der Waals surface area contributed by atoms with Crippen molar-refractivity contribution in [3.8, 4) is 0 Å². The molecule has 2 fully saturated rings. The molecule has 1 amide bonds. The number of nitrogens with one attached hydrogen (secondary N) is 1. The van der Waals surface area contributed by atoms with E-state index in [1.165, 1.54) is 18.2 Å². The normalized spacial score (nSPS) is 24.8. The Morgan fingerprint density at radius 2 is 1.84 bits per heavy atom. The van der Waals surface area contributed by atoms with Crippen LogP contribution in [0, 0.1) is 11.8 Å². The number of fused-ring (bicyclic) bond motifs is 1. The average Bonchev–Trinajstić information content (AvgIpc) is 3.04. The van der Waals surface area contributed by atoms with Crippen LogP contribution in [0.1, 0.15) is 15.9 Å². The molecule has 4 rings (SSSR count). The molecule has 1 saturated heterocycles. The molecule has 8 heteroatoms. The Balaban J connectivity index is 1.41. The van der Waals surface area contributed by atoms with Crippen molar-refractivity contribution in [3.05, 3.63) is 53.7 Å². The Morgan fingerprint density at radius 3 is 2.48 bits per heavy atom. The highest BCUT2D eigenvalue weighted by Crippen LogP contribution is 2.46. The van der Waals surface area contributed by atoms with Gasteiger partial charge in [0.2, 0.25) is 0 Å². The molecule has 1 N–H and O–H groups in total. The number of halogens is 3. The average molecular weight is 348 g/mol. The van der Waals surface area contributed by atoms with E-state index in [2.05, 4.69) is 20.4 Å². The predicted octanol–water partition coefficient (Wildman–Crippen LogP) is 2.36. The number of anilines is 1. The number of aromatic nitrogens is 2. The number of carbonyl (C=O) groups is 1. The van der Waals surface area contributed by atoms with E-state index in [0.29, 0.717) is 0 Å². The number of hydrogen-bond acceptors (Lipinski definition) is 4. The summed E-state index contributed by atoms with van der Waals surface area (Å²) < 4.78 is 39.1. The highest BCUT2D eigenvalue weighted by molar-refractivity contribution is 5.96. The van der Waals surface area contributed by atoms with Crippen molar-refractivity contribution in [1.82, 2.24) is 15.5 Å². The van der Waals surface area contributed by atoms with Gasteiger partial charge in [0.05, 0.1) is 11.1 Å². The van der Waals surface area contributed by atoms with Gasteiger partial charge in [0, 0.05) is 37.2 Å². The van der Waals surface area contributed by atoms with Crippen molar-refractivity contribution >= 4 is 11.7 Å². The Labute approximate surface area is 141 Å². The lowest BCUT2D eigenvalue weighted by atomic mass is 10.1. The minimum absolute atomic E-state index is 0.0817. The second-order valence-electron chi connectivity index (χ2n) is 6.36. The highest BCUT2D eigenvalue weighted by Gasteiger charge is 2.57. The molecule has 2 aromatic rings. The Morgan fingerprint density at radius 1 is 1.12 bits per heavy atom. The first kappa shape index (κ1) is 15.9. The number of benzene rings is 1. The molecule has 1 aromatic carbocycles. The smallest absolute Gasteiger partial charge is 0.354 e. The summed E-state index contributed by atoms with van der Waals surface area (Å²) in [4.78, 5) is 14.4. The summed E-state index contributed by atoms with van der Waals surface area (Å²) in [6.45, 7) is 1.43. The van der Waals surface area contributed by atoms with Crippen LogP contribution in [0.4, 0.5) is 19.0 Å². The quantitative estimate of drug-likeness (QED) is 0.925. The van der Waals surface area contributed by atoms with E-state index >= 15 is 0 Å². The van der Waals surface area contributed by atoms with Crippen molar-refractivity contribution in [2.24, 2.45) is 11.8 Å². The zero-order valence-electron chi connectivity index (χ0n) is 13.1. The van der Waals surface area contributed by atoms with Crippen LogP contribution in [0.25, 0.3) is 0 Å². The minimum Gasteiger partial charge on any atom is -0.354 e. The third-order valence-corrected chi connectivity index (χ3v) is 4.85. The molecule has 1 aromatic heterocycles. The molecule has 1 aliphatic heterocycles. The van der Waals surface area contributed by atoms with E-state index in [-0.39, 0.29) is 23.4 Å². The number of rotatable bonds is 3. The molecule has 1 aliphatic carbocycles. The standard InChI is InChI=1S/C17H15F3N4O/c18-17(19,20)13-5-2-1-4-10(13)16(25)22-15-11-8-24(9-12(11)15)14-6-3-7-21-23-14/h1-7,11-12,15H,8-9H2,(H,22,25). The molecule has 2 unspecified atom stereocenters. The summed E-state index contributed by atoms with van der Waals surface area (Å²) in [7, 11) is 0. The SMILES string of the molecule is O=C(NC1C2CN(c3cccnn3)CC21)c1ccccc1C(F)(F)F. The van der Waals surface area contributed by atoms with Crippen molar-refractivity contribution in [3.63, 3.8) is 0 Å². The van der Waals surface area contributed by atoms with Gasteiger partial charge in [-0.3, -0.25) is 4.79 Å². The summed E-state index contributed by atoms with van der Waals surface area (Å²) in [5.74, 6) is 0.591. The van der Waals surface area contributed by atoms with Crippen LogP contribution < -0.4 is 10.2 Å². The van der Waals surface area contributed by atoms with Gasteiger partial charge in [0.25, 0.3) is 5.91 Å². The first-order valence-electron chi connectivity index (χ1n) is 7.95. The van der Waals surface area contributed by atoms with Gasteiger partial charge in [-0.25, -0.2) is 0 Å². The maximum absolute atomic E-state index is 13.0. The molecule has 130 valence electrons. The molecular weight excluding hydrogens is 333 g/mol. The second kappa shape index (κ2) is 5.72. The van der Waals surface area contributed by atoms with Crippen LogP contribution in [0.15, 0.2) is 42.6 Å². The number of carbonyl (C=O) groups excluding carboxylic acids is 1. The van der Waals surface area contributed by atoms with Gasteiger partial charge in [-0.05, 0) is 24.3 Å². The van der Waals surface area contributed by atoms with Crippen LogP contribution in [0.2, 0.25) is 0 Å². The number of amides is 1. The number of alkyl halides is 3. The lowest BCUT2D eigenvalue weighted by Crippen LogP contribution is -2.35. The highest BCUT2D eigenvalue weighted by atomic mass is 19.4. The fraction of sp³-hybridized carbons (Fsp3) is 0.353. The van der Waals surface area contributed by atoms with Gasteiger partial charge in [-0.15, -0.1) is 5.10 Å². The second-order valence-corrected chi connectivity index (χ2v) is 6.36. The maximum atomic E-state index is 13.0. The third-order valence-electron chi connectivity index (χ3n) is 4.85. The van der Waals surface area contributed by atoms with Gasteiger partial charge in [-0.2, -0.15) is 18.3 Å². The molecule has 1 saturated carbocycles. The number of nitrogens with zero attached hydrogens (tertiary/aromatic N) is 3. The fourth-order valence-corrected chi connectivity index (χ4v) is 3.55. The summed E-state index contributed by atoms with van der Waals surface area (Å²) in [6, 6.07) is 8.45. The minimum atomic E-state index is -4.55. The van der Waals surface area contributed by atoms with Crippen LogP contribution >= 0.6 is 0 Å². The lowest BCUT2D eigenvalue weighted by molar-refractivity contribution is -0.137. The van der Waals surface area contributed by atoms with Crippen molar-refractivity contribution < 1.29 is 18.0 Å². The van der Waals surface area contributed by atoms with Crippen LogP contribution in [-0.4, -0.2) is 35.2 Å². The molecule has 0 radical (unpaired) electrons. The molecule has 2 atom stereocenters. The number of hydrogen-bond donors (Lipinski definition) is 1. The molecular formula is C17H15F3N4O. The Bertz CT molecular complexity index is 784. The van der Waals surface area contributed by atoms with Gasteiger partial charge < -0.3 is 10.2 Å². The predicted molar refractivity (Wildman–Crippen MR) is 83.9 cm³/mol. The fourth-order valence-electron chi connectivity index (χ4n) is 3.55. The van der Waals surface area contributed by atoms with E-state index < -0.39 is 17.6 Å². The van der Waals surface area contributed by atoms with Gasteiger partial charge in [-0.1, -0.05) is 12.1 Å². The molecule has 25 heavy (non-hydrogen) atoms. The van der Waals surface area contributed by atoms with Crippen molar-refractivity contribution in [2.75, 3.05) is 18.0 Å². The zero-order chi connectivity index (χ0) is 17.6. The van der Waals surface area contributed by atoms with Crippen molar-refractivity contribution in [2.45, 2.75) is 12.2 Å². The van der Waals surface area contributed by atoms with E-state index in [1.807, 2.05) is 6.07 Å². The van der Waals surface area contributed by atoms with Gasteiger partial charge in [0.1, 0.15) is 0 Å². The van der Waals surface area contributed by atoms with Crippen LogP contribution in [-0.2, 0) is 6.18 Å². The van der Waals surface area contributed by atoms with Crippen LogP contribution in [0.3, 0.4) is 0 Å². The summed E-state index contributed by atoms with van der Waals surface area (Å²) in [6.07, 6.45) is -2.95. The Hall–Kier alpha value is -2.64. The third kappa shape index (κ3) is 2.92. The van der Waals surface area contributed by atoms with Crippen molar-refractivity contribution in [1.29, 1.82) is 0 Å². The molecule has 2 aliphatic rings. The molecule has 2 heterocycles. The largest absolute Gasteiger partial charge is 0.417 e. The molecule has 5 nitrogen and oxygen atoms in total. The van der Waals surface area contributed by atoms with Gasteiger partial charge in [0.15, 0.2) is 5.82 Å². The van der Waals surface area contributed by atoms with E-state index in [9.17, 15) is 18.0 Å². The molecule has 0 bridgehead atoms. The maximum Gasteiger partial charge on any atom is 0.417 e. The van der Waals surface area contributed by atoms with Crippen LogP contribution in [0.5, 0.6) is 0 Å². The monoisotopic (exact) mass is 348 g/mol. The van der Waals surface area contributed by atoms with Gasteiger partial charge >= 0.3 is 6.18 Å². The zero-order valence-corrected chi connectivity index (χ0v) is 13.1. The first-order valence-corrected chi connectivity index (χ1v) is 7.95. The van der Waals surface area contributed by atoms with E-state index in [4.69, 9.17) is 0 Å². The topological polar surface area (TPSA) is 58.1 Å². The van der Waals surface area contributed by atoms with E-state index in [0.717, 1.165) is 25.0 Å². The van der Waals surface area contributed by atoms with E-state index in [1.54, 1.807) is 12.3 Å². The lowest BCUT2D eigenvalue weighted by Gasteiger charge is -2.20. The summed E-state index contributed by atoms with van der Waals surface area (Å²) in [5, 5.41) is 10.6. The first-order chi connectivity index (χ1) is 11.9. The number of piperidine rings is 1. The summed E-state index contributed by atoms with van der Waals surface area (Å²) >= 11 is 0.